The summed E-state index contributed by atoms with van der Waals surface area (Å²) in [5.41, 5.74) is 0.813. The minimum atomic E-state index is -0.718. The molecule has 1 atom stereocenters. The van der Waals surface area contributed by atoms with Gasteiger partial charge in [0, 0.05) is 57.9 Å². The van der Waals surface area contributed by atoms with E-state index in [1.165, 1.54) is 15.9 Å². The first kappa shape index (κ1) is 21.9. The summed E-state index contributed by atoms with van der Waals surface area (Å²) in [5.74, 6) is -0.627. The van der Waals surface area contributed by atoms with Crippen molar-refractivity contribution in [1.82, 2.24) is 14.7 Å². The van der Waals surface area contributed by atoms with Gasteiger partial charge in [0.05, 0.1) is 0 Å². The maximum atomic E-state index is 12.5. The highest BCUT2D eigenvalue weighted by atomic mass is 35.5. The standard InChI is InChI=1S/C20H26ClN3O4/c1-22(2)20(28)17(9-13-25)24-12-11-23(10-8-19(24)27)18(26)7-6-15-4-3-5-16(21)14-15/h3-7,14,17,25H,8-13H2,1-2H3. The van der Waals surface area contributed by atoms with Crippen molar-refractivity contribution < 1.29 is 19.5 Å². The SMILES string of the molecule is CN(C)C(=O)C(CCO)N1CCN(C(=O)C=Cc2cccc(Cl)c2)CCC1=O. The molecule has 1 heterocycles. The van der Waals surface area contributed by atoms with Gasteiger partial charge in [-0.25, -0.2) is 0 Å². The van der Waals surface area contributed by atoms with Crippen LogP contribution in [0.4, 0.5) is 0 Å². The van der Waals surface area contributed by atoms with Crippen molar-refractivity contribution in [3.05, 3.63) is 40.9 Å². The van der Waals surface area contributed by atoms with E-state index >= 15 is 0 Å². The van der Waals surface area contributed by atoms with Crippen molar-refractivity contribution in [3.8, 4) is 0 Å². The van der Waals surface area contributed by atoms with E-state index in [1.807, 2.05) is 6.07 Å². The maximum absolute atomic E-state index is 12.5. The molecule has 8 heteroatoms. The van der Waals surface area contributed by atoms with Gasteiger partial charge in [-0.05, 0) is 30.2 Å². The number of amides is 3. The summed E-state index contributed by atoms with van der Waals surface area (Å²) in [6.45, 7) is 0.669. The molecule has 0 saturated carbocycles. The van der Waals surface area contributed by atoms with E-state index in [2.05, 4.69) is 0 Å². The van der Waals surface area contributed by atoms with Gasteiger partial charge in [0.2, 0.25) is 17.7 Å². The first-order chi connectivity index (χ1) is 13.3. The topological polar surface area (TPSA) is 81.2 Å². The van der Waals surface area contributed by atoms with Crippen LogP contribution in [0.5, 0.6) is 0 Å². The number of carbonyl (C=O) groups excluding carboxylic acids is 3. The highest BCUT2D eigenvalue weighted by Crippen LogP contribution is 2.15. The lowest BCUT2D eigenvalue weighted by Gasteiger charge is -2.31. The van der Waals surface area contributed by atoms with Crippen LogP contribution in [0.2, 0.25) is 5.02 Å². The molecule has 28 heavy (non-hydrogen) atoms. The number of halogens is 1. The Bertz CT molecular complexity index is 751. The van der Waals surface area contributed by atoms with Crippen molar-refractivity contribution >= 4 is 35.4 Å². The quantitative estimate of drug-likeness (QED) is 0.720. The summed E-state index contributed by atoms with van der Waals surface area (Å²) in [6.07, 6.45) is 3.45. The van der Waals surface area contributed by atoms with Crippen LogP contribution in [-0.2, 0) is 14.4 Å². The number of aliphatic hydroxyl groups excluding tert-OH is 1. The van der Waals surface area contributed by atoms with Gasteiger partial charge in [0.1, 0.15) is 6.04 Å². The smallest absolute Gasteiger partial charge is 0.246 e. The molecule has 1 fully saturated rings. The maximum Gasteiger partial charge on any atom is 0.246 e. The van der Waals surface area contributed by atoms with E-state index in [-0.39, 0.29) is 50.3 Å². The molecule has 7 nitrogen and oxygen atoms in total. The lowest BCUT2D eigenvalue weighted by atomic mass is 10.1. The van der Waals surface area contributed by atoms with Gasteiger partial charge in [-0.15, -0.1) is 0 Å². The van der Waals surface area contributed by atoms with Crippen LogP contribution in [-0.4, -0.2) is 83.9 Å². The Morgan fingerprint density at radius 3 is 2.68 bits per heavy atom. The number of hydrogen-bond donors (Lipinski definition) is 1. The number of nitrogens with zero attached hydrogens (tertiary/aromatic N) is 3. The second kappa shape index (κ2) is 10.2. The molecule has 1 aromatic carbocycles. The highest BCUT2D eigenvalue weighted by molar-refractivity contribution is 6.30. The predicted molar refractivity (Wildman–Crippen MR) is 108 cm³/mol. The minimum absolute atomic E-state index is 0.138. The number of likely N-dealkylation sites (N-methyl/N-ethyl adjacent to an activating group) is 1. The van der Waals surface area contributed by atoms with Gasteiger partial charge in [0.15, 0.2) is 0 Å². The van der Waals surface area contributed by atoms with Crippen LogP contribution in [0.3, 0.4) is 0 Å². The minimum Gasteiger partial charge on any atom is -0.396 e. The summed E-state index contributed by atoms with van der Waals surface area (Å²) in [7, 11) is 3.23. The van der Waals surface area contributed by atoms with Crippen molar-refractivity contribution in [2.75, 3.05) is 40.3 Å². The van der Waals surface area contributed by atoms with Crippen LogP contribution in [0.25, 0.3) is 6.08 Å². The Kier molecular flexibility index (Phi) is 8.02. The third-order valence-corrected chi connectivity index (χ3v) is 4.85. The molecule has 3 amide bonds. The van der Waals surface area contributed by atoms with E-state index in [1.54, 1.807) is 43.3 Å². The molecule has 2 rings (SSSR count). The molecule has 0 bridgehead atoms. The van der Waals surface area contributed by atoms with Crippen LogP contribution >= 0.6 is 11.6 Å². The van der Waals surface area contributed by atoms with Crippen molar-refractivity contribution in [2.45, 2.75) is 18.9 Å². The second-order valence-corrected chi connectivity index (χ2v) is 7.25. The van der Waals surface area contributed by atoms with Crippen LogP contribution in [0.15, 0.2) is 30.3 Å². The zero-order chi connectivity index (χ0) is 20.7. The Balaban J connectivity index is 2.06. The molecule has 152 valence electrons. The second-order valence-electron chi connectivity index (χ2n) is 6.81. The Morgan fingerprint density at radius 1 is 1.29 bits per heavy atom. The molecular weight excluding hydrogens is 382 g/mol. The first-order valence-corrected chi connectivity index (χ1v) is 9.55. The summed E-state index contributed by atoms with van der Waals surface area (Å²) < 4.78 is 0. The van der Waals surface area contributed by atoms with Crippen LogP contribution < -0.4 is 0 Å². The normalized spacial score (nSPS) is 16.2. The fraction of sp³-hybridized carbons (Fsp3) is 0.450. The van der Waals surface area contributed by atoms with Crippen molar-refractivity contribution in [1.29, 1.82) is 0 Å². The largest absolute Gasteiger partial charge is 0.396 e. The Morgan fingerprint density at radius 2 is 2.04 bits per heavy atom. The van der Waals surface area contributed by atoms with Crippen molar-refractivity contribution in [3.63, 3.8) is 0 Å². The average Bonchev–Trinajstić information content (AvgIpc) is 2.85. The number of hydrogen-bond acceptors (Lipinski definition) is 4. The van der Waals surface area contributed by atoms with E-state index in [0.717, 1.165) is 5.56 Å². The molecule has 0 aromatic heterocycles. The zero-order valence-corrected chi connectivity index (χ0v) is 16.9. The number of rotatable bonds is 6. The lowest BCUT2D eigenvalue weighted by molar-refractivity contribution is -0.144. The fourth-order valence-electron chi connectivity index (χ4n) is 3.11. The molecule has 1 aromatic rings. The third-order valence-electron chi connectivity index (χ3n) is 4.61. The molecule has 1 saturated heterocycles. The van der Waals surface area contributed by atoms with Gasteiger partial charge in [-0.1, -0.05) is 23.7 Å². The number of carbonyl (C=O) groups is 3. The number of benzene rings is 1. The Hall–Kier alpha value is -2.38. The summed E-state index contributed by atoms with van der Waals surface area (Å²) >= 11 is 5.94. The summed E-state index contributed by atoms with van der Waals surface area (Å²) in [6, 6.07) is 6.44. The monoisotopic (exact) mass is 407 g/mol. The first-order valence-electron chi connectivity index (χ1n) is 9.17. The molecule has 0 radical (unpaired) electrons. The highest BCUT2D eigenvalue weighted by Gasteiger charge is 2.33. The summed E-state index contributed by atoms with van der Waals surface area (Å²) in [4.78, 5) is 42.0. The van der Waals surface area contributed by atoms with Gasteiger partial charge < -0.3 is 19.8 Å². The van der Waals surface area contributed by atoms with Gasteiger partial charge in [-0.3, -0.25) is 14.4 Å². The van der Waals surface area contributed by atoms with Crippen LogP contribution in [0, 0.1) is 0 Å². The molecule has 0 aliphatic carbocycles. The fourth-order valence-corrected chi connectivity index (χ4v) is 3.30. The number of aliphatic hydroxyl groups is 1. The predicted octanol–water partition coefficient (Wildman–Crippen LogP) is 1.25. The van der Waals surface area contributed by atoms with Crippen LogP contribution in [0.1, 0.15) is 18.4 Å². The molecular formula is C20H26ClN3O4. The average molecular weight is 408 g/mol. The van der Waals surface area contributed by atoms with Gasteiger partial charge >= 0.3 is 0 Å². The molecule has 1 unspecified atom stereocenters. The van der Waals surface area contributed by atoms with Gasteiger partial charge in [0.25, 0.3) is 0 Å². The molecule has 1 aliphatic heterocycles. The summed E-state index contributed by atoms with van der Waals surface area (Å²) in [5, 5.41) is 9.89. The van der Waals surface area contributed by atoms with E-state index in [4.69, 9.17) is 11.6 Å². The Labute approximate surface area is 170 Å². The zero-order valence-electron chi connectivity index (χ0n) is 16.2. The molecule has 1 aliphatic rings. The van der Waals surface area contributed by atoms with E-state index in [9.17, 15) is 19.5 Å². The van der Waals surface area contributed by atoms with E-state index in [0.29, 0.717) is 11.6 Å². The molecule has 0 spiro atoms. The molecule has 1 N–H and O–H groups in total. The van der Waals surface area contributed by atoms with E-state index < -0.39 is 6.04 Å². The van der Waals surface area contributed by atoms with Crippen molar-refractivity contribution in [2.24, 2.45) is 0 Å². The lowest BCUT2D eigenvalue weighted by Crippen LogP contribution is -2.50. The third kappa shape index (κ3) is 5.81. The van der Waals surface area contributed by atoms with Gasteiger partial charge in [-0.2, -0.15) is 0 Å².